The molecule has 1 aromatic rings. The Labute approximate surface area is 142 Å². The molecule has 0 aromatic heterocycles. The zero-order valence-electron chi connectivity index (χ0n) is 13.0. The lowest BCUT2D eigenvalue weighted by atomic mass is 9.74. The fraction of sp³-hybridized carbons (Fsp3) is 0.562. The summed E-state index contributed by atoms with van der Waals surface area (Å²) in [5, 5.41) is 3.01. The zero-order chi connectivity index (χ0) is 15.4. The van der Waals surface area contributed by atoms with Crippen LogP contribution in [-0.4, -0.2) is 39.0 Å². The molecule has 0 bridgehead atoms. The topological polar surface area (TPSA) is 82.8 Å². The maximum absolute atomic E-state index is 11.8. The predicted octanol–water partition coefficient (Wildman–Crippen LogP) is 1.35. The Bertz CT molecular complexity index is 547. The summed E-state index contributed by atoms with van der Waals surface area (Å²) >= 11 is 0. The molecule has 0 saturated carbocycles. The maximum Gasteiger partial charge on any atom is 0.231 e. The van der Waals surface area contributed by atoms with Gasteiger partial charge in [-0.15, -0.1) is 12.4 Å². The van der Waals surface area contributed by atoms with Crippen LogP contribution in [-0.2, 0) is 14.9 Å². The van der Waals surface area contributed by atoms with Gasteiger partial charge in [-0.25, -0.2) is 0 Å². The summed E-state index contributed by atoms with van der Waals surface area (Å²) < 4.78 is 16.4. The fourth-order valence-corrected chi connectivity index (χ4v) is 3.04. The van der Waals surface area contributed by atoms with Crippen LogP contribution in [0.15, 0.2) is 18.2 Å². The van der Waals surface area contributed by atoms with Gasteiger partial charge >= 0.3 is 0 Å². The average Bonchev–Trinajstić information content (AvgIpc) is 3.02. The molecule has 2 aliphatic heterocycles. The van der Waals surface area contributed by atoms with Crippen molar-refractivity contribution in [3.8, 4) is 11.5 Å². The lowest BCUT2D eigenvalue weighted by Crippen LogP contribution is -2.44. The Balaban J connectivity index is 0.00000192. The van der Waals surface area contributed by atoms with Crippen LogP contribution in [0.5, 0.6) is 11.5 Å². The van der Waals surface area contributed by atoms with E-state index in [0.29, 0.717) is 32.7 Å². The number of hydrogen-bond acceptors (Lipinski definition) is 5. The standard InChI is InChI=1S/C16H22N2O4.ClH/c17-6-3-15(19)18-10-16(4-7-20-8-5-16)12-1-2-13-14(9-12)22-11-21-13;/h1-2,9H,3-8,10-11,17H2,(H,18,19);1H. The van der Waals surface area contributed by atoms with E-state index in [1.807, 2.05) is 12.1 Å². The van der Waals surface area contributed by atoms with Crippen LogP contribution in [0, 0.1) is 0 Å². The van der Waals surface area contributed by atoms with E-state index in [4.69, 9.17) is 19.9 Å². The highest BCUT2D eigenvalue weighted by atomic mass is 35.5. The Morgan fingerprint density at radius 3 is 2.70 bits per heavy atom. The first-order valence-electron chi connectivity index (χ1n) is 7.68. The molecule has 3 N–H and O–H groups in total. The summed E-state index contributed by atoms with van der Waals surface area (Å²) in [6, 6.07) is 6.03. The minimum absolute atomic E-state index is 0. The molecule has 7 heteroatoms. The highest BCUT2D eigenvalue weighted by molar-refractivity contribution is 5.85. The van der Waals surface area contributed by atoms with Crippen molar-refractivity contribution in [1.82, 2.24) is 5.32 Å². The van der Waals surface area contributed by atoms with Gasteiger partial charge in [0.2, 0.25) is 12.7 Å². The van der Waals surface area contributed by atoms with E-state index in [1.165, 1.54) is 0 Å². The molecular weight excluding hydrogens is 320 g/mol. The summed E-state index contributed by atoms with van der Waals surface area (Å²) in [4.78, 5) is 11.8. The molecule has 0 atom stereocenters. The van der Waals surface area contributed by atoms with E-state index in [0.717, 1.165) is 29.9 Å². The summed E-state index contributed by atoms with van der Waals surface area (Å²) in [6.45, 7) is 2.62. The maximum atomic E-state index is 11.8. The lowest BCUT2D eigenvalue weighted by Gasteiger charge is -2.38. The number of amides is 1. The van der Waals surface area contributed by atoms with Crippen molar-refractivity contribution in [3.63, 3.8) is 0 Å². The first kappa shape index (κ1) is 17.8. The fourth-order valence-electron chi connectivity index (χ4n) is 3.04. The van der Waals surface area contributed by atoms with Gasteiger partial charge in [0.25, 0.3) is 0 Å². The van der Waals surface area contributed by atoms with E-state index in [1.54, 1.807) is 0 Å². The number of carbonyl (C=O) groups is 1. The van der Waals surface area contributed by atoms with E-state index < -0.39 is 0 Å². The molecule has 0 spiro atoms. The number of rotatable bonds is 5. The van der Waals surface area contributed by atoms with E-state index in [9.17, 15) is 4.79 Å². The zero-order valence-corrected chi connectivity index (χ0v) is 13.8. The first-order chi connectivity index (χ1) is 10.7. The molecule has 128 valence electrons. The van der Waals surface area contributed by atoms with Gasteiger partial charge in [0.15, 0.2) is 11.5 Å². The van der Waals surface area contributed by atoms with Crippen molar-refractivity contribution in [2.45, 2.75) is 24.7 Å². The number of fused-ring (bicyclic) bond motifs is 1. The van der Waals surface area contributed by atoms with Gasteiger partial charge in [0, 0.05) is 38.1 Å². The molecule has 1 saturated heterocycles. The summed E-state index contributed by atoms with van der Waals surface area (Å²) in [5.74, 6) is 1.55. The van der Waals surface area contributed by atoms with Crippen molar-refractivity contribution in [2.75, 3.05) is 33.1 Å². The first-order valence-corrected chi connectivity index (χ1v) is 7.68. The quantitative estimate of drug-likeness (QED) is 0.844. The van der Waals surface area contributed by atoms with E-state index in [2.05, 4.69) is 11.4 Å². The molecule has 0 radical (unpaired) electrons. The van der Waals surface area contributed by atoms with Crippen molar-refractivity contribution < 1.29 is 19.0 Å². The predicted molar refractivity (Wildman–Crippen MR) is 88.2 cm³/mol. The summed E-state index contributed by atoms with van der Waals surface area (Å²) in [7, 11) is 0. The van der Waals surface area contributed by atoms with Crippen LogP contribution >= 0.6 is 12.4 Å². The minimum atomic E-state index is -0.122. The normalized spacial score (nSPS) is 18.1. The van der Waals surface area contributed by atoms with Gasteiger partial charge in [-0.05, 0) is 30.5 Å². The Morgan fingerprint density at radius 1 is 1.22 bits per heavy atom. The van der Waals surface area contributed by atoms with Crippen molar-refractivity contribution in [1.29, 1.82) is 0 Å². The van der Waals surface area contributed by atoms with Gasteiger partial charge in [-0.1, -0.05) is 6.07 Å². The molecule has 2 aliphatic rings. The Morgan fingerprint density at radius 2 is 1.96 bits per heavy atom. The molecule has 0 aliphatic carbocycles. The average molecular weight is 343 g/mol. The molecule has 1 amide bonds. The summed E-state index contributed by atoms with van der Waals surface area (Å²) in [5.41, 5.74) is 6.47. The number of hydrogen-bond donors (Lipinski definition) is 2. The SMILES string of the molecule is Cl.NCCC(=O)NCC1(c2ccc3c(c2)OCO3)CCOCC1. The Kier molecular flexibility index (Phi) is 6.10. The van der Waals surface area contributed by atoms with Crippen LogP contribution in [0.3, 0.4) is 0 Å². The molecule has 3 rings (SSSR count). The third kappa shape index (κ3) is 3.88. The van der Waals surface area contributed by atoms with E-state index >= 15 is 0 Å². The number of benzene rings is 1. The van der Waals surface area contributed by atoms with Crippen molar-refractivity contribution in [2.24, 2.45) is 5.73 Å². The number of carbonyl (C=O) groups excluding carboxylic acids is 1. The molecule has 6 nitrogen and oxygen atoms in total. The molecular formula is C16H23ClN2O4. The van der Waals surface area contributed by atoms with Crippen LogP contribution in [0.4, 0.5) is 0 Å². The molecule has 23 heavy (non-hydrogen) atoms. The van der Waals surface area contributed by atoms with Crippen LogP contribution in [0.25, 0.3) is 0 Å². The van der Waals surface area contributed by atoms with E-state index in [-0.39, 0.29) is 30.5 Å². The van der Waals surface area contributed by atoms with Crippen LogP contribution in [0.2, 0.25) is 0 Å². The molecule has 2 heterocycles. The second kappa shape index (κ2) is 7.86. The third-order valence-corrected chi connectivity index (χ3v) is 4.43. The Hall–Kier alpha value is -1.50. The molecule has 1 fully saturated rings. The number of nitrogens with two attached hydrogens (primary N) is 1. The minimum Gasteiger partial charge on any atom is -0.454 e. The van der Waals surface area contributed by atoms with Crippen LogP contribution < -0.4 is 20.5 Å². The number of halogens is 1. The van der Waals surface area contributed by atoms with Crippen LogP contribution in [0.1, 0.15) is 24.8 Å². The number of nitrogens with one attached hydrogen (secondary N) is 1. The summed E-state index contributed by atoms with van der Waals surface area (Å²) in [6.07, 6.45) is 2.10. The molecule has 0 unspecified atom stereocenters. The largest absolute Gasteiger partial charge is 0.454 e. The second-order valence-corrected chi connectivity index (χ2v) is 5.78. The van der Waals surface area contributed by atoms with Gasteiger partial charge in [0.05, 0.1) is 0 Å². The smallest absolute Gasteiger partial charge is 0.231 e. The van der Waals surface area contributed by atoms with Crippen molar-refractivity contribution >= 4 is 18.3 Å². The second-order valence-electron chi connectivity index (χ2n) is 5.78. The number of ether oxygens (including phenoxy) is 3. The highest BCUT2D eigenvalue weighted by Gasteiger charge is 2.35. The van der Waals surface area contributed by atoms with Gasteiger partial charge in [-0.2, -0.15) is 0 Å². The monoisotopic (exact) mass is 342 g/mol. The van der Waals surface area contributed by atoms with Gasteiger partial charge in [0.1, 0.15) is 0 Å². The highest BCUT2D eigenvalue weighted by Crippen LogP contribution is 2.40. The van der Waals surface area contributed by atoms with Gasteiger partial charge in [-0.3, -0.25) is 4.79 Å². The molecule has 1 aromatic carbocycles. The third-order valence-electron chi connectivity index (χ3n) is 4.43. The van der Waals surface area contributed by atoms with Crippen molar-refractivity contribution in [3.05, 3.63) is 23.8 Å². The van der Waals surface area contributed by atoms with Gasteiger partial charge < -0.3 is 25.3 Å². The lowest BCUT2D eigenvalue weighted by molar-refractivity contribution is -0.121.